The van der Waals surface area contributed by atoms with Crippen molar-refractivity contribution in [2.75, 3.05) is 12.2 Å². The number of hydrogen-bond acceptors (Lipinski definition) is 6. The molecule has 0 bridgehead atoms. The summed E-state index contributed by atoms with van der Waals surface area (Å²) in [4.78, 5) is -0.128. The minimum Gasteiger partial charge on any atom is -0.360 e. The van der Waals surface area contributed by atoms with Crippen LogP contribution in [0.15, 0.2) is 76.8 Å². The lowest BCUT2D eigenvalue weighted by Crippen LogP contribution is -2.11. The van der Waals surface area contributed by atoms with Crippen molar-refractivity contribution < 1.29 is 21.6 Å². The molecule has 0 aliphatic rings. The third-order valence-electron chi connectivity index (χ3n) is 3.81. The quantitative estimate of drug-likeness (QED) is 0.597. The van der Waals surface area contributed by atoms with Crippen molar-refractivity contribution in [1.82, 2.24) is 9.78 Å². The Kier molecular flexibility index (Phi) is 5.45. The van der Waals surface area contributed by atoms with Gasteiger partial charge in [0.25, 0.3) is 0 Å². The molecule has 0 saturated heterocycles. The first-order valence-electron chi connectivity index (χ1n) is 7.95. The predicted molar refractivity (Wildman–Crippen MR) is 100.0 cm³/mol. The van der Waals surface area contributed by atoms with E-state index in [2.05, 4.69) is 5.10 Å². The fraction of sp³-hybridized carbons (Fsp3) is 0.167. The standard InChI is InChI=1S/C18H18N2O5S2/c1-26(21,22)17-4-2-5-18(12-17)27(23,24)14-25-13-15-6-8-16(9-7-15)20-11-3-10-19-20/h2-12H,13-14H2,1H3. The monoisotopic (exact) mass is 406 g/mol. The largest absolute Gasteiger partial charge is 0.360 e. The van der Waals surface area contributed by atoms with Crippen molar-refractivity contribution in [2.45, 2.75) is 16.4 Å². The highest BCUT2D eigenvalue weighted by atomic mass is 32.2. The van der Waals surface area contributed by atoms with Crippen LogP contribution in [-0.4, -0.2) is 38.8 Å². The van der Waals surface area contributed by atoms with E-state index in [-0.39, 0.29) is 16.4 Å². The van der Waals surface area contributed by atoms with Crippen molar-refractivity contribution in [1.29, 1.82) is 0 Å². The zero-order valence-electron chi connectivity index (χ0n) is 14.5. The molecule has 0 aliphatic carbocycles. The third-order valence-corrected chi connectivity index (χ3v) is 6.36. The number of rotatable bonds is 7. The van der Waals surface area contributed by atoms with E-state index < -0.39 is 25.6 Å². The molecule has 1 aromatic heterocycles. The summed E-state index contributed by atoms with van der Waals surface area (Å²) in [5.74, 6) is -0.541. The summed E-state index contributed by atoms with van der Waals surface area (Å²) in [5, 5.41) is 4.13. The van der Waals surface area contributed by atoms with Crippen LogP contribution in [0, 0.1) is 0 Å². The average molecular weight is 406 g/mol. The maximum absolute atomic E-state index is 12.4. The summed E-state index contributed by atoms with van der Waals surface area (Å²) >= 11 is 0. The zero-order valence-corrected chi connectivity index (χ0v) is 16.2. The lowest BCUT2D eigenvalue weighted by atomic mass is 10.2. The van der Waals surface area contributed by atoms with Crippen LogP contribution in [0.2, 0.25) is 0 Å². The zero-order chi connectivity index (χ0) is 19.5. The highest BCUT2D eigenvalue weighted by Crippen LogP contribution is 2.18. The van der Waals surface area contributed by atoms with Gasteiger partial charge in [-0.05, 0) is 42.0 Å². The van der Waals surface area contributed by atoms with Crippen LogP contribution in [-0.2, 0) is 31.0 Å². The Morgan fingerprint density at radius 1 is 0.963 bits per heavy atom. The van der Waals surface area contributed by atoms with Crippen LogP contribution in [0.5, 0.6) is 0 Å². The molecule has 7 nitrogen and oxygen atoms in total. The van der Waals surface area contributed by atoms with E-state index in [4.69, 9.17) is 4.74 Å². The molecule has 0 amide bonds. The van der Waals surface area contributed by atoms with E-state index in [0.717, 1.165) is 23.6 Å². The number of ether oxygens (including phenoxy) is 1. The summed E-state index contributed by atoms with van der Waals surface area (Å²) in [5.41, 5.74) is 1.69. The molecule has 2 aromatic carbocycles. The first-order valence-corrected chi connectivity index (χ1v) is 11.5. The molecule has 27 heavy (non-hydrogen) atoms. The minimum atomic E-state index is -3.76. The van der Waals surface area contributed by atoms with Crippen LogP contribution >= 0.6 is 0 Å². The second kappa shape index (κ2) is 7.63. The molecule has 0 unspecified atom stereocenters. The van der Waals surface area contributed by atoms with Crippen LogP contribution in [0.3, 0.4) is 0 Å². The molecule has 0 radical (unpaired) electrons. The van der Waals surface area contributed by atoms with E-state index in [1.165, 1.54) is 18.2 Å². The summed E-state index contributed by atoms with van der Waals surface area (Å²) < 4.78 is 55.0. The SMILES string of the molecule is CS(=O)(=O)c1cccc(S(=O)(=O)COCc2ccc(-n3cccn3)cc2)c1. The number of hydrogen-bond donors (Lipinski definition) is 0. The Morgan fingerprint density at radius 2 is 1.67 bits per heavy atom. The second-order valence-electron chi connectivity index (χ2n) is 5.95. The van der Waals surface area contributed by atoms with Crippen molar-refractivity contribution in [3.05, 3.63) is 72.6 Å². The van der Waals surface area contributed by atoms with Gasteiger partial charge in [-0.15, -0.1) is 0 Å². The number of nitrogens with zero attached hydrogens (tertiary/aromatic N) is 2. The van der Waals surface area contributed by atoms with Gasteiger partial charge in [0.2, 0.25) is 9.84 Å². The summed E-state index contributed by atoms with van der Waals surface area (Å²) in [7, 11) is -7.24. The lowest BCUT2D eigenvalue weighted by Gasteiger charge is -2.08. The van der Waals surface area contributed by atoms with E-state index in [1.807, 2.05) is 36.5 Å². The van der Waals surface area contributed by atoms with Crippen LogP contribution in [0.25, 0.3) is 5.69 Å². The summed E-state index contributed by atoms with van der Waals surface area (Å²) in [6.07, 6.45) is 4.53. The molecule has 3 rings (SSSR count). The molecule has 3 aromatic rings. The Labute approximate surface area is 158 Å². The molecule has 1 heterocycles. The van der Waals surface area contributed by atoms with Crippen LogP contribution < -0.4 is 0 Å². The van der Waals surface area contributed by atoms with Gasteiger partial charge in [0, 0.05) is 18.6 Å². The lowest BCUT2D eigenvalue weighted by molar-refractivity contribution is 0.163. The Hall–Kier alpha value is -2.49. The van der Waals surface area contributed by atoms with Gasteiger partial charge in [-0.2, -0.15) is 5.10 Å². The van der Waals surface area contributed by atoms with E-state index in [0.29, 0.717) is 0 Å². The number of benzene rings is 2. The second-order valence-corrected chi connectivity index (χ2v) is 9.90. The van der Waals surface area contributed by atoms with Crippen molar-refractivity contribution in [3.8, 4) is 5.69 Å². The molecule has 0 saturated carbocycles. The highest BCUT2D eigenvalue weighted by molar-refractivity contribution is 7.91. The first-order chi connectivity index (χ1) is 12.8. The molecule has 0 atom stereocenters. The van der Waals surface area contributed by atoms with Crippen LogP contribution in [0.1, 0.15) is 5.56 Å². The molecule has 0 aliphatic heterocycles. The van der Waals surface area contributed by atoms with Gasteiger partial charge in [0.15, 0.2) is 15.8 Å². The maximum atomic E-state index is 12.4. The van der Waals surface area contributed by atoms with Gasteiger partial charge < -0.3 is 4.74 Å². The van der Waals surface area contributed by atoms with E-state index in [1.54, 1.807) is 10.9 Å². The van der Waals surface area contributed by atoms with Gasteiger partial charge in [-0.3, -0.25) is 0 Å². The van der Waals surface area contributed by atoms with Crippen molar-refractivity contribution >= 4 is 19.7 Å². The summed E-state index contributed by atoms with van der Waals surface area (Å²) in [6.45, 7) is 0.115. The molecular weight excluding hydrogens is 388 g/mol. The average Bonchev–Trinajstić information content (AvgIpc) is 3.16. The van der Waals surface area contributed by atoms with Gasteiger partial charge in [-0.1, -0.05) is 18.2 Å². The molecule has 0 spiro atoms. The number of sulfone groups is 2. The maximum Gasteiger partial charge on any atom is 0.202 e. The van der Waals surface area contributed by atoms with E-state index >= 15 is 0 Å². The fourth-order valence-corrected chi connectivity index (χ4v) is 4.17. The Morgan fingerprint density at radius 3 is 2.30 bits per heavy atom. The predicted octanol–water partition coefficient (Wildman–Crippen LogP) is 2.22. The summed E-state index contributed by atoms with van der Waals surface area (Å²) in [6, 6.07) is 14.4. The van der Waals surface area contributed by atoms with Crippen LogP contribution in [0.4, 0.5) is 0 Å². The number of aromatic nitrogens is 2. The van der Waals surface area contributed by atoms with Gasteiger partial charge in [0.1, 0.15) is 0 Å². The Balaban J connectivity index is 1.64. The van der Waals surface area contributed by atoms with Gasteiger partial charge in [-0.25, -0.2) is 21.5 Å². The molecule has 0 N–H and O–H groups in total. The minimum absolute atomic E-state index is 0.0437. The third kappa shape index (κ3) is 4.82. The van der Waals surface area contributed by atoms with Crippen molar-refractivity contribution in [3.63, 3.8) is 0 Å². The van der Waals surface area contributed by atoms with E-state index in [9.17, 15) is 16.8 Å². The molecule has 0 fully saturated rings. The fourth-order valence-electron chi connectivity index (χ4n) is 2.40. The highest BCUT2D eigenvalue weighted by Gasteiger charge is 2.17. The molecular formula is C18H18N2O5S2. The van der Waals surface area contributed by atoms with Crippen molar-refractivity contribution in [2.24, 2.45) is 0 Å². The first kappa shape index (κ1) is 19.3. The smallest absolute Gasteiger partial charge is 0.202 e. The molecule has 9 heteroatoms. The molecule has 142 valence electrons. The topological polar surface area (TPSA) is 95.3 Å². The normalized spacial score (nSPS) is 12.2. The van der Waals surface area contributed by atoms with Gasteiger partial charge in [0.05, 0.1) is 22.1 Å². The Bertz CT molecular complexity index is 1120. The van der Waals surface area contributed by atoms with Gasteiger partial charge >= 0.3 is 0 Å².